The Morgan fingerprint density at radius 2 is 2.38 bits per heavy atom. The SMILES string of the molecule is NC(=O)c1cnc2[nH]ccc2c1Br. The molecule has 2 heterocycles. The van der Waals surface area contributed by atoms with E-state index in [1.54, 1.807) is 6.20 Å². The lowest BCUT2D eigenvalue weighted by atomic mass is 10.2. The summed E-state index contributed by atoms with van der Waals surface area (Å²) in [7, 11) is 0. The monoisotopic (exact) mass is 239 g/mol. The number of aromatic nitrogens is 2. The lowest BCUT2D eigenvalue weighted by Gasteiger charge is -1.99. The van der Waals surface area contributed by atoms with Crippen molar-refractivity contribution in [1.29, 1.82) is 0 Å². The second-order valence-corrected chi connectivity index (χ2v) is 3.38. The highest BCUT2D eigenvalue weighted by Crippen LogP contribution is 2.24. The van der Waals surface area contributed by atoms with Gasteiger partial charge in [0.05, 0.1) is 5.56 Å². The number of primary amides is 1. The molecule has 0 aliphatic carbocycles. The van der Waals surface area contributed by atoms with Crippen LogP contribution in [0.5, 0.6) is 0 Å². The molecule has 0 atom stereocenters. The Morgan fingerprint density at radius 3 is 3.08 bits per heavy atom. The molecule has 4 nitrogen and oxygen atoms in total. The minimum Gasteiger partial charge on any atom is -0.366 e. The molecular weight excluding hydrogens is 234 g/mol. The Kier molecular flexibility index (Phi) is 1.81. The average Bonchev–Trinajstić information content (AvgIpc) is 2.52. The Labute approximate surface area is 82.3 Å². The number of nitrogens with one attached hydrogen (secondary N) is 1. The molecule has 3 N–H and O–H groups in total. The number of hydrogen-bond donors (Lipinski definition) is 2. The number of fused-ring (bicyclic) bond motifs is 1. The van der Waals surface area contributed by atoms with Gasteiger partial charge in [-0.25, -0.2) is 4.98 Å². The van der Waals surface area contributed by atoms with Crippen molar-refractivity contribution in [3.05, 3.63) is 28.5 Å². The topological polar surface area (TPSA) is 71.8 Å². The molecule has 13 heavy (non-hydrogen) atoms. The van der Waals surface area contributed by atoms with Gasteiger partial charge in [0.1, 0.15) is 5.65 Å². The first kappa shape index (κ1) is 8.25. The van der Waals surface area contributed by atoms with E-state index in [2.05, 4.69) is 25.9 Å². The third-order valence-electron chi connectivity index (χ3n) is 1.79. The van der Waals surface area contributed by atoms with Crippen LogP contribution >= 0.6 is 15.9 Å². The molecular formula is C8H6BrN3O. The van der Waals surface area contributed by atoms with E-state index in [4.69, 9.17) is 5.73 Å². The predicted octanol–water partition coefficient (Wildman–Crippen LogP) is 1.42. The van der Waals surface area contributed by atoms with E-state index in [1.807, 2.05) is 6.07 Å². The number of carbonyl (C=O) groups excluding carboxylic acids is 1. The van der Waals surface area contributed by atoms with Crippen LogP contribution < -0.4 is 5.73 Å². The van der Waals surface area contributed by atoms with Crippen LogP contribution in [0.15, 0.2) is 22.9 Å². The maximum absolute atomic E-state index is 10.9. The van der Waals surface area contributed by atoms with Crippen LogP contribution in [0.2, 0.25) is 0 Å². The summed E-state index contributed by atoms with van der Waals surface area (Å²) in [4.78, 5) is 17.9. The Balaban J connectivity index is 2.80. The summed E-state index contributed by atoms with van der Waals surface area (Å²) in [6, 6.07) is 1.83. The first-order valence-electron chi connectivity index (χ1n) is 3.61. The minimum absolute atomic E-state index is 0.395. The van der Waals surface area contributed by atoms with Crippen LogP contribution in [0.3, 0.4) is 0 Å². The Bertz CT molecular complexity index is 477. The standard InChI is InChI=1S/C8H6BrN3O/c9-6-4-1-2-11-8(4)12-3-5(6)7(10)13/h1-3H,(H2,10,13)(H,11,12). The zero-order chi connectivity index (χ0) is 9.42. The smallest absolute Gasteiger partial charge is 0.251 e. The molecule has 0 aliphatic rings. The molecule has 66 valence electrons. The molecule has 2 rings (SSSR count). The summed E-state index contributed by atoms with van der Waals surface area (Å²) in [5, 5.41) is 0.858. The Hall–Kier alpha value is -1.36. The molecule has 0 saturated carbocycles. The van der Waals surface area contributed by atoms with Gasteiger partial charge in [-0.3, -0.25) is 4.79 Å². The van der Waals surface area contributed by atoms with Crippen molar-refractivity contribution >= 4 is 32.9 Å². The molecule has 0 aromatic carbocycles. The summed E-state index contributed by atoms with van der Waals surface area (Å²) >= 11 is 3.30. The number of hydrogen-bond acceptors (Lipinski definition) is 2. The van der Waals surface area contributed by atoms with Gasteiger partial charge in [0.2, 0.25) is 0 Å². The van der Waals surface area contributed by atoms with Crippen LogP contribution in [-0.4, -0.2) is 15.9 Å². The van der Waals surface area contributed by atoms with Crippen molar-refractivity contribution in [3.8, 4) is 0 Å². The third kappa shape index (κ3) is 1.21. The summed E-state index contributed by atoms with van der Waals surface area (Å²) in [5.74, 6) is -0.484. The maximum Gasteiger partial charge on any atom is 0.251 e. The molecule has 2 aromatic heterocycles. The van der Waals surface area contributed by atoms with Gasteiger partial charge in [0.15, 0.2) is 0 Å². The Morgan fingerprint density at radius 1 is 1.62 bits per heavy atom. The van der Waals surface area contributed by atoms with Gasteiger partial charge in [-0.1, -0.05) is 0 Å². The van der Waals surface area contributed by atoms with E-state index in [1.165, 1.54) is 6.20 Å². The second-order valence-electron chi connectivity index (χ2n) is 2.59. The van der Waals surface area contributed by atoms with Gasteiger partial charge < -0.3 is 10.7 Å². The third-order valence-corrected chi connectivity index (χ3v) is 2.64. The molecule has 0 saturated heterocycles. The molecule has 0 unspecified atom stereocenters. The van der Waals surface area contributed by atoms with Crippen molar-refractivity contribution in [3.63, 3.8) is 0 Å². The van der Waals surface area contributed by atoms with Crippen molar-refractivity contribution in [2.24, 2.45) is 5.73 Å². The quantitative estimate of drug-likeness (QED) is 0.791. The number of nitrogens with zero attached hydrogens (tertiary/aromatic N) is 1. The second kappa shape index (κ2) is 2.85. The summed E-state index contributed by atoms with van der Waals surface area (Å²) in [6.07, 6.45) is 3.21. The molecule has 0 radical (unpaired) electrons. The van der Waals surface area contributed by atoms with Crippen molar-refractivity contribution < 1.29 is 4.79 Å². The van der Waals surface area contributed by atoms with Gasteiger partial charge in [0, 0.05) is 22.3 Å². The van der Waals surface area contributed by atoms with E-state index in [-0.39, 0.29) is 0 Å². The molecule has 0 spiro atoms. The van der Waals surface area contributed by atoms with Gasteiger partial charge in [-0.05, 0) is 22.0 Å². The highest BCUT2D eigenvalue weighted by atomic mass is 79.9. The molecule has 5 heteroatoms. The molecule has 0 bridgehead atoms. The molecule has 2 aromatic rings. The summed E-state index contributed by atoms with van der Waals surface area (Å²) in [6.45, 7) is 0. The molecule has 1 amide bonds. The van der Waals surface area contributed by atoms with Gasteiger partial charge >= 0.3 is 0 Å². The molecule has 0 aliphatic heterocycles. The number of nitrogens with two attached hydrogens (primary N) is 1. The molecule has 0 fully saturated rings. The fraction of sp³-hybridized carbons (Fsp3) is 0. The predicted molar refractivity (Wildman–Crippen MR) is 52.3 cm³/mol. The van der Waals surface area contributed by atoms with Crippen LogP contribution in [0.4, 0.5) is 0 Å². The highest BCUT2D eigenvalue weighted by molar-refractivity contribution is 9.10. The first-order valence-corrected chi connectivity index (χ1v) is 4.41. The number of amides is 1. The van der Waals surface area contributed by atoms with E-state index < -0.39 is 5.91 Å². The van der Waals surface area contributed by atoms with Crippen molar-refractivity contribution in [2.45, 2.75) is 0 Å². The minimum atomic E-state index is -0.484. The lowest BCUT2D eigenvalue weighted by Crippen LogP contribution is -2.12. The first-order chi connectivity index (χ1) is 6.20. The maximum atomic E-state index is 10.9. The number of rotatable bonds is 1. The van der Waals surface area contributed by atoms with Gasteiger partial charge in [-0.2, -0.15) is 0 Å². The fourth-order valence-corrected chi connectivity index (χ4v) is 1.76. The fourth-order valence-electron chi connectivity index (χ4n) is 1.15. The van der Waals surface area contributed by atoms with E-state index in [0.717, 1.165) is 11.0 Å². The zero-order valence-electron chi connectivity index (χ0n) is 6.54. The van der Waals surface area contributed by atoms with Gasteiger partial charge in [-0.15, -0.1) is 0 Å². The largest absolute Gasteiger partial charge is 0.366 e. The van der Waals surface area contributed by atoms with E-state index >= 15 is 0 Å². The van der Waals surface area contributed by atoms with Crippen LogP contribution in [0.1, 0.15) is 10.4 Å². The van der Waals surface area contributed by atoms with Crippen LogP contribution in [0, 0.1) is 0 Å². The number of H-pyrrole nitrogens is 1. The summed E-state index contributed by atoms with van der Waals surface area (Å²) in [5.41, 5.74) is 6.28. The normalized spacial score (nSPS) is 10.5. The highest BCUT2D eigenvalue weighted by Gasteiger charge is 2.10. The van der Waals surface area contributed by atoms with Gasteiger partial charge in [0.25, 0.3) is 5.91 Å². The average molecular weight is 240 g/mol. The number of aromatic amines is 1. The summed E-state index contributed by atoms with van der Waals surface area (Å²) < 4.78 is 0.686. The van der Waals surface area contributed by atoms with E-state index in [9.17, 15) is 4.79 Å². The number of carbonyl (C=O) groups is 1. The number of halogens is 1. The zero-order valence-corrected chi connectivity index (χ0v) is 8.13. The number of pyridine rings is 1. The van der Waals surface area contributed by atoms with E-state index in [0.29, 0.717) is 10.0 Å². The lowest BCUT2D eigenvalue weighted by molar-refractivity contribution is 0.0999. The van der Waals surface area contributed by atoms with Crippen LogP contribution in [0.25, 0.3) is 11.0 Å². The van der Waals surface area contributed by atoms with Crippen LogP contribution in [-0.2, 0) is 0 Å². The van der Waals surface area contributed by atoms with Crippen molar-refractivity contribution in [2.75, 3.05) is 0 Å². The van der Waals surface area contributed by atoms with Crippen molar-refractivity contribution in [1.82, 2.24) is 9.97 Å².